The van der Waals surface area contributed by atoms with Gasteiger partial charge >= 0.3 is 5.97 Å². The fourth-order valence-electron chi connectivity index (χ4n) is 6.95. The van der Waals surface area contributed by atoms with Gasteiger partial charge in [0.15, 0.2) is 6.61 Å². The minimum atomic E-state index is -1.12. The fraction of sp³-hybridized carbons (Fsp3) is 0.333. The minimum Gasteiger partial charge on any atom is -0.495 e. The fourth-order valence-corrected chi connectivity index (χ4v) is 7.13. The first-order valence-corrected chi connectivity index (χ1v) is 14.6. The standard InChI is InChI=1S/C33H31ClN2O6/c1-3-4-13-24(33(40)42-17-26(37)35-23-16-18(34)14-15-25(23)41-2)36-31(38)29-27-19-9-5-6-10-20(19)28(30(29)32(36)39)22-12-8-7-11-21(22)27/h5-12,14-16,24,27-30H,3-4,13,17H2,1-2H3,(H,35,37)/t24-,27?,28?,29-,30+/m0/s1. The van der Waals surface area contributed by atoms with E-state index in [0.29, 0.717) is 22.9 Å². The molecule has 3 amide bonds. The highest BCUT2D eigenvalue weighted by Gasteiger charge is 2.63. The summed E-state index contributed by atoms with van der Waals surface area (Å²) < 4.78 is 10.7. The molecule has 0 radical (unpaired) electrons. The number of benzene rings is 3. The van der Waals surface area contributed by atoms with E-state index in [1.807, 2.05) is 55.5 Å². The van der Waals surface area contributed by atoms with Gasteiger partial charge in [-0.05, 0) is 46.9 Å². The molecule has 2 bridgehead atoms. The van der Waals surface area contributed by atoms with Crippen molar-refractivity contribution in [3.63, 3.8) is 0 Å². The predicted molar refractivity (Wildman–Crippen MR) is 156 cm³/mol. The zero-order valence-corrected chi connectivity index (χ0v) is 24.1. The number of unbranched alkanes of at least 4 members (excludes halogenated alkanes) is 1. The molecule has 1 aliphatic heterocycles. The molecule has 1 N–H and O–H groups in total. The van der Waals surface area contributed by atoms with E-state index in [1.165, 1.54) is 13.2 Å². The van der Waals surface area contributed by atoms with Gasteiger partial charge in [0.05, 0.1) is 24.6 Å². The Morgan fingerprint density at radius 3 is 1.95 bits per heavy atom. The van der Waals surface area contributed by atoms with E-state index in [1.54, 1.807) is 12.1 Å². The summed E-state index contributed by atoms with van der Waals surface area (Å²) in [5.41, 5.74) is 4.58. The number of ether oxygens (including phenoxy) is 2. The Hall–Kier alpha value is -4.17. The molecule has 0 aromatic heterocycles. The third kappa shape index (κ3) is 4.54. The average Bonchev–Trinajstić information content (AvgIpc) is 3.26. The zero-order chi connectivity index (χ0) is 29.5. The summed E-state index contributed by atoms with van der Waals surface area (Å²) in [6.07, 6.45) is 1.61. The highest BCUT2D eigenvalue weighted by molar-refractivity contribution is 6.31. The van der Waals surface area contributed by atoms with Crippen molar-refractivity contribution in [2.75, 3.05) is 19.0 Å². The molecule has 3 atom stereocenters. The summed E-state index contributed by atoms with van der Waals surface area (Å²) in [4.78, 5) is 55.6. The Kier molecular flexibility index (Phi) is 7.49. The van der Waals surface area contributed by atoms with Crippen molar-refractivity contribution in [2.45, 2.75) is 44.1 Å². The Morgan fingerprint density at radius 2 is 1.45 bits per heavy atom. The van der Waals surface area contributed by atoms with E-state index >= 15 is 0 Å². The first-order valence-electron chi connectivity index (χ1n) is 14.2. The number of esters is 1. The molecule has 7 rings (SSSR count). The SMILES string of the molecule is CCCC[C@@H](C(=O)OCC(=O)Nc1cc(Cl)ccc1OC)N1C(=O)[C@@H]2C3c4ccccc4C(c4ccccc43)[C@@H]2C1=O. The maximum Gasteiger partial charge on any atom is 0.329 e. The smallest absolute Gasteiger partial charge is 0.329 e. The molecule has 3 aliphatic carbocycles. The lowest BCUT2D eigenvalue weighted by molar-refractivity contribution is -0.160. The number of rotatable bonds is 9. The number of nitrogens with zero attached hydrogens (tertiary/aromatic N) is 1. The number of nitrogens with one attached hydrogen (secondary N) is 1. The van der Waals surface area contributed by atoms with Crippen LogP contribution in [-0.2, 0) is 23.9 Å². The second kappa shape index (κ2) is 11.2. The van der Waals surface area contributed by atoms with Crippen LogP contribution < -0.4 is 10.1 Å². The molecule has 1 saturated heterocycles. The first kappa shape index (κ1) is 28.0. The van der Waals surface area contributed by atoms with Crippen molar-refractivity contribution in [1.29, 1.82) is 0 Å². The van der Waals surface area contributed by atoms with Crippen LogP contribution in [0.5, 0.6) is 5.75 Å². The number of hydrogen-bond donors (Lipinski definition) is 1. The van der Waals surface area contributed by atoms with Crippen LogP contribution in [0.2, 0.25) is 5.02 Å². The topological polar surface area (TPSA) is 102 Å². The van der Waals surface area contributed by atoms with E-state index in [9.17, 15) is 19.2 Å². The summed E-state index contributed by atoms with van der Waals surface area (Å²) >= 11 is 6.05. The number of carbonyl (C=O) groups is 4. The monoisotopic (exact) mass is 586 g/mol. The molecule has 42 heavy (non-hydrogen) atoms. The van der Waals surface area contributed by atoms with E-state index in [0.717, 1.165) is 33.6 Å². The van der Waals surface area contributed by atoms with Gasteiger partial charge in [-0.1, -0.05) is 79.9 Å². The molecule has 216 valence electrons. The maximum atomic E-state index is 14.1. The summed E-state index contributed by atoms with van der Waals surface area (Å²) in [5, 5.41) is 3.03. The molecule has 3 aromatic rings. The molecular formula is C33H31ClN2O6. The van der Waals surface area contributed by atoms with Crippen LogP contribution in [0.4, 0.5) is 5.69 Å². The molecule has 1 heterocycles. The van der Waals surface area contributed by atoms with E-state index in [2.05, 4.69) is 5.32 Å². The van der Waals surface area contributed by atoms with Crippen LogP contribution in [0.15, 0.2) is 66.7 Å². The lowest BCUT2D eigenvalue weighted by Crippen LogP contribution is -2.47. The van der Waals surface area contributed by atoms with Gasteiger partial charge in [0.25, 0.3) is 5.91 Å². The molecular weight excluding hydrogens is 556 g/mol. The van der Waals surface area contributed by atoms with Crippen LogP contribution in [-0.4, -0.2) is 48.3 Å². The van der Waals surface area contributed by atoms with Crippen molar-refractivity contribution in [1.82, 2.24) is 4.90 Å². The van der Waals surface area contributed by atoms with Gasteiger partial charge in [-0.2, -0.15) is 0 Å². The van der Waals surface area contributed by atoms with Gasteiger partial charge in [-0.15, -0.1) is 0 Å². The zero-order valence-electron chi connectivity index (χ0n) is 23.3. The van der Waals surface area contributed by atoms with Crippen LogP contribution in [0, 0.1) is 11.8 Å². The van der Waals surface area contributed by atoms with E-state index < -0.39 is 36.4 Å². The Balaban J connectivity index is 1.25. The van der Waals surface area contributed by atoms with Gasteiger partial charge in [0, 0.05) is 16.9 Å². The summed E-state index contributed by atoms with van der Waals surface area (Å²) in [6, 6.07) is 19.6. The molecule has 4 aliphatic rings. The highest BCUT2D eigenvalue weighted by atomic mass is 35.5. The minimum absolute atomic E-state index is 0.255. The van der Waals surface area contributed by atoms with Crippen molar-refractivity contribution in [3.8, 4) is 5.75 Å². The molecule has 0 spiro atoms. The maximum absolute atomic E-state index is 14.1. The van der Waals surface area contributed by atoms with Crippen LogP contribution in [0.1, 0.15) is 60.3 Å². The Bertz CT molecular complexity index is 1470. The molecule has 1 fully saturated rings. The summed E-state index contributed by atoms with van der Waals surface area (Å²) in [7, 11) is 1.46. The first-order chi connectivity index (χ1) is 20.3. The normalized spacial score (nSPS) is 22.2. The van der Waals surface area contributed by atoms with Gasteiger partial charge in [-0.3, -0.25) is 19.3 Å². The Labute approximate surface area is 248 Å². The number of likely N-dealkylation sites (tertiary alicyclic amines) is 1. The molecule has 9 heteroatoms. The second-order valence-electron chi connectivity index (χ2n) is 11.0. The Morgan fingerprint density at radius 1 is 0.905 bits per heavy atom. The molecule has 8 nitrogen and oxygen atoms in total. The van der Waals surface area contributed by atoms with Crippen LogP contribution in [0.3, 0.4) is 0 Å². The molecule has 0 saturated carbocycles. The number of imide groups is 1. The largest absolute Gasteiger partial charge is 0.495 e. The highest BCUT2D eigenvalue weighted by Crippen LogP contribution is 2.61. The lowest BCUT2D eigenvalue weighted by Gasteiger charge is -2.45. The van der Waals surface area contributed by atoms with Crippen molar-refractivity contribution < 1.29 is 28.7 Å². The number of anilines is 1. The van der Waals surface area contributed by atoms with Crippen molar-refractivity contribution in [2.24, 2.45) is 11.8 Å². The number of amides is 3. The van der Waals surface area contributed by atoms with Crippen molar-refractivity contribution in [3.05, 3.63) is 94.0 Å². The van der Waals surface area contributed by atoms with Crippen LogP contribution in [0.25, 0.3) is 0 Å². The van der Waals surface area contributed by atoms with Crippen LogP contribution >= 0.6 is 11.6 Å². The summed E-state index contributed by atoms with van der Waals surface area (Å²) in [6.45, 7) is 1.37. The van der Waals surface area contributed by atoms with Gasteiger partial charge < -0.3 is 14.8 Å². The van der Waals surface area contributed by atoms with Gasteiger partial charge in [-0.25, -0.2) is 4.79 Å². The summed E-state index contributed by atoms with van der Waals surface area (Å²) in [5.74, 6) is -3.41. The lowest BCUT2D eigenvalue weighted by atomic mass is 9.55. The van der Waals surface area contributed by atoms with E-state index in [4.69, 9.17) is 21.1 Å². The van der Waals surface area contributed by atoms with E-state index in [-0.39, 0.29) is 30.1 Å². The third-order valence-corrected chi connectivity index (χ3v) is 8.91. The number of halogens is 1. The third-order valence-electron chi connectivity index (χ3n) is 8.68. The molecule has 0 unspecified atom stereocenters. The number of hydrogen-bond acceptors (Lipinski definition) is 6. The predicted octanol–water partition coefficient (Wildman–Crippen LogP) is 5.28. The van der Waals surface area contributed by atoms with Gasteiger partial charge in [0.1, 0.15) is 11.8 Å². The number of methoxy groups -OCH3 is 1. The molecule has 3 aromatic carbocycles. The second-order valence-corrected chi connectivity index (χ2v) is 11.4. The quantitative estimate of drug-likeness (QED) is 0.270. The average molecular weight is 587 g/mol. The number of carbonyl (C=O) groups excluding carboxylic acids is 4. The van der Waals surface area contributed by atoms with Crippen molar-refractivity contribution >= 4 is 41.0 Å². The van der Waals surface area contributed by atoms with Gasteiger partial charge in [0.2, 0.25) is 11.8 Å².